The fraction of sp³-hybridized carbons (Fsp3) is 0. The smallest absolute Gasteiger partial charge is 0.116 e. The Morgan fingerprint density at radius 3 is 2.45 bits per heavy atom. The van der Waals surface area contributed by atoms with Crippen LogP contribution in [-0.4, -0.2) is 11.3 Å². The van der Waals surface area contributed by atoms with Crippen molar-refractivity contribution in [2.24, 2.45) is 5.10 Å². The van der Waals surface area contributed by atoms with E-state index in [4.69, 9.17) is 0 Å². The lowest BCUT2D eigenvalue weighted by atomic mass is 10.1. The Morgan fingerprint density at radius 1 is 0.850 bits per heavy atom. The first-order chi connectivity index (χ1) is 9.81. The van der Waals surface area contributed by atoms with Crippen LogP contribution in [0.1, 0.15) is 5.56 Å². The number of phenolic OH excluding ortho intramolecular Hbond substituents is 1. The molecule has 0 aliphatic heterocycles. The number of para-hydroxylation sites is 1. The standard InChI is InChI=1S/C17H14N2O/c20-17-9-8-14-10-13(6-7-15(14)11-17)12-18-19-16-4-2-1-3-5-16/h1-12,19-20H. The van der Waals surface area contributed by atoms with Crippen LogP contribution in [0.3, 0.4) is 0 Å². The number of hydrogen-bond acceptors (Lipinski definition) is 3. The molecule has 3 rings (SSSR count). The molecule has 98 valence electrons. The molecule has 0 saturated carbocycles. The summed E-state index contributed by atoms with van der Waals surface area (Å²) in [7, 11) is 0. The molecule has 2 N–H and O–H groups in total. The SMILES string of the molecule is Oc1ccc2cc(C=NNc3ccccc3)ccc2c1. The summed E-state index contributed by atoms with van der Waals surface area (Å²) >= 11 is 0. The number of fused-ring (bicyclic) bond motifs is 1. The predicted molar refractivity (Wildman–Crippen MR) is 83.3 cm³/mol. The zero-order valence-electron chi connectivity index (χ0n) is 10.8. The van der Waals surface area contributed by atoms with Crippen LogP contribution in [-0.2, 0) is 0 Å². The Bertz CT molecular complexity index is 751. The molecule has 0 amide bonds. The Morgan fingerprint density at radius 2 is 1.60 bits per heavy atom. The number of phenols is 1. The molecule has 3 heteroatoms. The normalized spacial score (nSPS) is 11.0. The quantitative estimate of drug-likeness (QED) is 0.553. The number of benzene rings is 3. The molecule has 0 radical (unpaired) electrons. The van der Waals surface area contributed by atoms with Gasteiger partial charge in [-0.25, -0.2) is 0 Å². The molecule has 0 atom stereocenters. The predicted octanol–water partition coefficient (Wildman–Crippen LogP) is 3.99. The molecule has 3 aromatic carbocycles. The molecule has 0 fully saturated rings. The molecule has 0 aromatic heterocycles. The fourth-order valence-corrected chi connectivity index (χ4v) is 2.03. The van der Waals surface area contributed by atoms with Crippen LogP contribution < -0.4 is 5.43 Å². The summed E-state index contributed by atoms with van der Waals surface area (Å²) in [4.78, 5) is 0. The van der Waals surface area contributed by atoms with Gasteiger partial charge in [-0.15, -0.1) is 0 Å². The van der Waals surface area contributed by atoms with Crippen LogP contribution in [0, 0.1) is 0 Å². The second-order valence-electron chi connectivity index (χ2n) is 4.53. The second kappa shape index (κ2) is 5.45. The molecule has 3 aromatic rings. The van der Waals surface area contributed by atoms with Crippen molar-refractivity contribution in [3.8, 4) is 5.75 Å². The van der Waals surface area contributed by atoms with Crippen LogP contribution >= 0.6 is 0 Å². The largest absolute Gasteiger partial charge is 0.508 e. The Hall–Kier alpha value is -2.81. The van der Waals surface area contributed by atoms with E-state index >= 15 is 0 Å². The third-order valence-corrected chi connectivity index (χ3v) is 3.03. The average Bonchev–Trinajstić information content (AvgIpc) is 2.48. The molecule has 0 aliphatic carbocycles. The number of nitrogens with one attached hydrogen (secondary N) is 1. The van der Waals surface area contributed by atoms with Crippen LogP contribution in [0.4, 0.5) is 5.69 Å². The summed E-state index contributed by atoms with van der Waals surface area (Å²) in [6.07, 6.45) is 1.78. The maximum absolute atomic E-state index is 9.43. The van der Waals surface area contributed by atoms with Crippen LogP contribution in [0.15, 0.2) is 71.8 Å². The van der Waals surface area contributed by atoms with Gasteiger partial charge in [0.25, 0.3) is 0 Å². The summed E-state index contributed by atoms with van der Waals surface area (Å²) in [6.45, 7) is 0. The molecule has 0 bridgehead atoms. The van der Waals surface area contributed by atoms with Gasteiger partial charge in [0.2, 0.25) is 0 Å². The topological polar surface area (TPSA) is 44.6 Å². The van der Waals surface area contributed by atoms with Gasteiger partial charge in [-0.1, -0.05) is 36.4 Å². The number of hydrazone groups is 1. The number of anilines is 1. The molecule has 3 nitrogen and oxygen atoms in total. The lowest BCUT2D eigenvalue weighted by molar-refractivity contribution is 0.476. The third kappa shape index (κ3) is 2.78. The van der Waals surface area contributed by atoms with Crippen molar-refractivity contribution in [1.29, 1.82) is 0 Å². The summed E-state index contributed by atoms with van der Waals surface area (Å²) in [6, 6.07) is 21.1. The molecular formula is C17H14N2O. The molecule has 0 unspecified atom stereocenters. The average molecular weight is 262 g/mol. The highest BCUT2D eigenvalue weighted by Gasteiger charge is 1.96. The van der Waals surface area contributed by atoms with Crippen molar-refractivity contribution in [2.75, 3.05) is 5.43 Å². The minimum atomic E-state index is 0.282. The van der Waals surface area contributed by atoms with Crippen LogP contribution in [0.25, 0.3) is 10.8 Å². The van der Waals surface area contributed by atoms with E-state index in [9.17, 15) is 5.11 Å². The van der Waals surface area contributed by atoms with Crippen molar-refractivity contribution in [2.45, 2.75) is 0 Å². The monoisotopic (exact) mass is 262 g/mol. The molecule has 0 heterocycles. The van der Waals surface area contributed by atoms with Crippen LogP contribution in [0.2, 0.25) is 0 Å². The summed E-state index contributed by atoms with van der Waals surface area (Å²) in [5.41, 5.74) is 4.94. The van der Waals surface area contributed by atoms with E-state index in [0.29, 0.717) is 0 Å². The molecular weight excluding hydrogens is 248 g/mol. The van der Waals surface area contributed by atoms with Gasteiger partial charge in [0.1, 0.15) is 5.75 Å². The number of hydrogen-bond donors (Lipinski definition) is 2. The lowest BCUT2D eigenvalue weighted by Crippen LogP contribution is -1.90. The first-order valence-electron chi connectivity index (χ1n) is 6.38. The van der Waals surface area contributed by atoms with E-state index in [1.54, 1.807) is 18.3 Å². The van der Waals surface area contributed by atoms with Gasteiger partial charge < -0.3 is 5.11 Å². The van der Waals surface area contributed by atoms with Crippen molar-refractivity contribution < 1.29 is 5.11 Å². The first kappa shape index (κ1) is 12.2. The maximum atomic E-state index is 9.43. The number of rotatable bonds is 3. The minimum absolute atomic E-state index is 0.282. The summed E-state index contributed by atoms with van der Waals surface area (Å²) in [5, 5.41) is 15.7. The van der Waals surface area contributed by atoms with Gasteiger partial charge in [-0.3, -0.25) is 5.43 Å². The van der Waals surface area contributed by atoms with Crippen molar-refractivity contribution in [3.05, 3.63) is 72.3 Å². The minimum Gasteiger partial charge on any atom is -0.508 e. The van der Waals surface area contributed by atoms with Crippen molar-refractivity contribution >= 4 is 22.7 Å². The first-order valence-corrected chi connectivity index (χ1v) is 6.38. The Balaban J connectivity index is 1.79. The number of nitrogens with zero attached hydrogens (tertiary/aromatic N) is 1. The number of aromatic hydroxyl groups is 1. The molecule has 0 saturated heterocycles. The highest BCUT2D eigenvalue weighted by molar-refractivity contribution is 5.91. The molecule has 0 spiro atoms. The Kier molecular flexibility index (Phi) is 3.33. The van der Waals surface area contributed by atoms with E-state index < -0.39 is 0 Å². The van der Waals surface area contributed by atoms with Crippen molar-refractivity contribution in [1.82, 2.24) is 0 Å². The van der Waals surface area contributed by atoms with Gasteiger partial charge in [0, 0.05) is 0 Å². The Labute approximate surface area is 117 Å². The van der Waals surface area contributed by atoms with E-state index in [-0.39, 0.29) is 5.75 Å². The van der Waals surface area contributed by atoms with Gasteiger partial charge in [0.05, 0.1) is 11.9 Å². The van der Waals surface area contributed by atoms with E-state index in [1.807, 2.05) is 54.6 Å². The highest BCUT2D eigenvalue weighted by Crippen LogP contribution is 2.20. The van der Waals surface area contributed by atoms with Crippen molar-refractivity contribution in [3.63, 3.8) is 0 Å². The second-order valence-corrected chi connectivity index (χ2v) is 4.53. The van der Waals surface area contributed by atoms with E-state index in [1.165, 1.54) is 0 Å². The summed E-state index contributed by atoms with van der Waals surface area (Å²) in [5.74, 6) is 0.282. The van der Waals surface area contributed by atoms with Crippen LogP contribution in [0.5, 0.6) is 5.75 Å². The fourth-order valence-electron chi connectivity index (χ4n) is 2.03. The van der Waals surface area contributed by atoms with Gasteiger partial charge in [-0.2, -0.15) is 5.10 Å². The van der Waals surface area contributed by atoms with E-state index in [0.717, 1.165) is 22.0 Å². The molecule has 0 aliphatic rings. The molecule has 20 heavy (non-hydrogen) atoms. The third-order valence-electron chi connectivity index (χ3n) is 3.03. The zero-order valence-corrected chi connectivity index (χ0v) is 10.8. The van der Waals surface area contributed by atoms with Gasteiger partial charge in [0.15, 0.2) is 0 Å². The summed E-state index contributed by atoms with van der Waals surface area (Å²) < 4.78 is 0. The zero-order chi connectivity index (χ0) is 13.8. The van der Waals surface area contributed by atoms with Gasteiger partial charge >= 0.3 is 0 Å². The lowest BCUT2D eigenvalue weighted by Gasteiger charge is -2.01. The van der Waals surface area contributed by atoms with Gasteiger partial charge in [-0.05, 0) is 46.7 Å². The maximum Gasteiger partial charge on any atom is 0.116 e. The van der Waals surface area contributed by atoms with E-state index in [2.05, 4.69) is 10.5 Å². The highest BCUT2D eigenvalue weighted by atomic mass is 16.3.